The van der Waals surface area contributed by atoms with E-state index in [2.05, 4.69) is 4.72 Å². The molecule has 0 heterocycles. The van der Waals surface area contributed by atoms with Crippen LogP contribution in [0.2, 0.25) is 0 Å². The largest absolute Gasteiger partial charge is 0.503 e. The molecule has 3 aromatic rings. The molecule has 0 atom stereocenters. The zero-order valence-electron chi connectivity index (χ0n) is 20.2. The fourth-order valence-corrected chi connectivity index (χ4v) is 4.49. The molecule has 0 radical (unpaired) electrons. The molecular formula is C25H24F3NO7S. The molecule has 3 aromatic carbocycles. The van der Waals surface area contributed by atoms with E-state index in [4.69, 9.17) is 18.9 Å². The third kappa shape index (κ3) is 6.02. The van der Waals surface area contributed by atoms with E-state index in [9.17, 15) is 26.7 Å². The van der Waals surface area contributed by atoms with Crippen molar-refractivity contribution in [2.45, 2.75) is 11.1 Å². The molecule has 0 saturated carbocycles. The van der Waals surface area contributed by atoms with Crippen LogP contribution >= 0.6 is 0 Å². The molecule has 37 heavy (non-hydrogen) atoms. The van der Waals surface area contributed by atoms with Gasteiger partial charge in [-0.05, 0) is 54.1 Å². The number of phenols is 1. The van der Waals surface area contributed by atoms with Crippen LogP contribution in [0.3, 0.4) is 0 Å². The molecule has 0 aliphatic heterocycles. The molecule has 0 bridgehead atoms. The summed E-state index contributed by atoms with van der Waals surface area (Å²) >= 11 is 0. The third-order valence-electron chi connectivity index (χ3n) is 5.26. The van der Waals surface area contributed by atoms with Gasteiger partial charge < -0.3 is 24.1 Å². The van der Waals surface area contributed by atoms with Crippen LogP contribution < -0.4 is 23.7 Å². The first kappa shape index (κ1) is 27.5. The quantitative estimate of drug-likeness (QED) is 0.277. The van der Waals surface area contributed by atoms with Crippen LogP contribution in [0.15, 0.2) is 53.4 Å². The fourth-order valence-electron chi connectivity index (χ4n) is 3.40. The van der Waals surface area contributed by atoms with Crippen LogP contribution in [-0.4, -0.2) is 42.0 Å². The van der Waals surface area contributed by atoms with Gasteiger partial charge in [-0.2, -0.15) is 13.2 Å². The number of halogens is 3. The first-order valence-electron chi connectivity index (χ1n) is 10.5. The summed E-state index contributed by atoms with van der Waals surface area (Å²) in [5.74, 6) is 0.638. The van der Waals surface area contributed by atoms with E-state index in [-0.39, 0.29) is 17.0 Å². The summed E-state index contributed by atoms with van der Waals surface area (Å²) in [5, 5.41) is 10.7. The average Bonchev–Trinajstić information content (AvgIpc) is 2.87. The molecule has 0 amide bonds. The van der Waals surface area contributed by atoms with Crippen molar-refractivity contribution in [3.8, 4) is 28.7 Å². The Morgan fingerprint density at radius 3 is 1.86 bits per heavy atom. The maximum absolute atomic E-state index is 13.0. The number of alkyl halides is 3. The number of aromatic hydroxyl groups is 1. The lowest BCUT2D eigenvalue weighted by molar-refractivity contribution is -0.137. The molecule has 8 nitrogen and oxygen atoms in total. The number of nitrogens with one attached hydrogen (secondary N) is 1. The van der Waals surface area contributed by atoms with Gasteiger partial charge in [0.2, 0.25) is 5.75 Å². The Balaban J connectivity index is 2.03. The van der Waals surface area contributed by atoms with Gasteiger partial charge in [-0.3, -0.25) is 4.72 Å². The van der Waals surface area contributed by atoms with Crippen molar-refractivity contribution in [1.82, 2.24) is 0 Å². The van der Waals surface area contributed by atoms with Gasteiger partial charge in [0.15, 0.2) is 23.0 Å². The normalized spacial score (nSPS) is 11.9. The molecule has 0 aromatic heterocycles. The van der Waals surface area contributed by atoms with Crippen molar-refractivity contribution < 1.29 is 45.6 Å². The lowest BCUT2D eigenvalue weighted by atomic mass is 10.1. The van der Waals surface area contributed by atoms with Crippen LogP contribution in [0.4, 0.5) is 18.9 Å². The van der Waals surface area contributed by atoms with Crippen LogP contribution in [0, 0.1) is 0 Å². The molecule has 12 heteroatoms. The van der Waals surface area contributed by atoms with E-state index in [1.54, 1.807) is 18.2 Å². The maximum Gasteiger partial charge on any atom is 0.416 e. The minimum Gasteiger partial charge on any atom is -0.503 e. The van der Waals surface area contributed by atoms with Crippen LogP contribution in [0.25, 0.3) is 12.2 Å². The Kier molecular flexibility index (Phi) is 8.12. The Morgan fingerprint density at radius 2 is 1.38 bits per heavy atom. The highest BCUT2D eigenvalue weighted by molar-refractivity contribution is 7.92. The summed E-state index contributed by atoms with van der Waals surface area (Å²) in [7, 11) is 1.29. The zero-order valence-corrected chi connectivity index (χ0v) is 21.0. The summed E-state index contributed by atoms with van der Waals surface area (Å²) < 4.78 is 87.8. The smallest absolute Gasteiger partial charge is 0.416 e. The van der Waals surface area contributed by atoms with Crippen molar-refractivity contribution in [1.29, 1.82) is 0 Å². The summed E-state index contributed by atoms with van der Waals surface area (Å²) in [6.45, 7) is 0. The van der Waals surface area contributed by atoms with Gasteiger partial charge in [-0.15, -0.1) is 0 Å². The van der Waals surface area contributed by atoms with Crippen molar-refractivity contribution in [2.75, 3.05) is 33.2 Å². The maximum atomic E-state index is 13.0. The number of hydrogen-bond donors (Lipinski definition) is 2. The molecule has 198 valence electrons. The Bertz CT molecular complexity index is 1380. The van der Waals surface area contributed by atoms with Gasteiger partial charge in [0, 0.05) is 5.56 Å². The lowest BCUT2D eigenvalue weighted by Crippen LogP contribution is -2.15. The highest BCUT2D eigenvalue weighted by atomic mass is 32.2. The number of methoxy groups -OCH3 is 4. The second-order valence-electron chi connectivity index (χ2n) is 7.50. The second kappa shape index (κ2) is 10.9. The minimum absolute atomic E-state index is 0.0185. The number of benzene rings is 3. The SMILES string of the molecule is COc1ccc(/C=C\c2cc(OC)c(OC)c(OC)c2)c(NS(=O)(=O)c2ccc(C(F)(F)F)cc2)c1O. The van der Waals surface area contributed by atoms with Gasteiger partial charge in [-0.25, -0.2) is 8.42 Å². The predicted octanol–water partition coefficient (Wildman–Crippen LogP) is 5.42. The van der Waals surface area contributed by atoms with Gasteiger partial charge in [-0.1, -0.05) is 12.2 Å². The van der Waals surface area contributed by atoms with E-state index in [0.717, 1.165) is 12.1 Å². The fraction of sp³-hybridized carbons (Fsp3) is 0.200. The monoisotopic (exact) mass is 539 g/mol. The highest BCUT2D eigenvalue weighted by Gasteiger charge is 2.31. The second-order valence-corrected chi connectivity index (χ2v) is 9.18. The summed E-state index contributed by atoms with van der Waals surface area (Å²) in [4.78, 5) is -0.428. The average molecular weight is 540 g/mol. The van der Waals surface area contributed by atoms with E-state index in [1.165, 1.54) is 46.6 Å². The lowest BCUT2D eigenvalue weighted by Gasteiger charge is -2.15. The third-order valence-corrected chi connectivity index (χ3v) is 6.63. The number of ether oxygens (including phenoxy) is 4. The molecule has 0 aliphatic rings. The summed E-state index contributed by atoms with van der Waals surface area (Å²) in [5.41, 5.74) is -0.392. The van der Waals surface area contributed by atoms with E-state index in [1.807, 2.05) is 0 Å². The molecule has 2 N–H and O–H groups in total. The summed E-state index contributed by atoms with van der Waals surface area (Å²) in [6.07, 6.45) is -1.49. The Hall–Kier alpha value is -4.06. The van der Waals surface area contributed by atoms with Crippen LogP contribution in [0.5, 0.6) is 28.7 Å². The highest BCUT2D eigenvalue weighted by Crippen LogP contribution is 2.41. The topological polar surface area (TPSA) is 103 Å². The Labute approximate surface area is 211 Å². The molecule has 0 fully saturated rings. The number of phenolic OH excluding ortho intramolecular Hbond substituents is 1. The predicted molar refractivity (Wildman–Crippen MR) is 132 cm³/mol. The van der Waals surface area contributed by atoms with Crippen molar-refractivity contribution in [3.63, 3.8) is 0 Å². The zero-order chi connectivity index (χ0) is 27.4. The first-order valence-corrected chi connectivity index (χ1v) is 12.0. The molecular weight excluding hydrogens is 515 g/mol. The van der Waals surface area contributed by atoms with Gasteiger partial charge in [0.25, 0.3) is 10.0 Å². The first-order chi connectivity index (χ1) is 17.4. The number of rotatable bonds is 9. The van der Waals surface area contributed by atoms with Crippen LogP contribution in [-0.2, 0) is 16.2 Å². The van der Waals surface area contributed by atoms with E-state index in [0.29, 0.717) is 34.9 Å². The van der Waals surface area contributed by atoms with Gasteiger partial charge >= 0.3 is 6.18 Å². The number of sulfonamides is 1. The minimum atomic E-state index is -4.62. The molecule has 0 unspecified atom stereocenters. The van der Waals surface area contributed by atoms with Crippen LogP contribution in [0.1, 0.15) is 16.7 Å². The van der Waals surface area contributed by atoms with E-state index >= 15 is 0 Å². The van der Waals surface area contributed by atoms with Gasteiger partial charge in [0.05, 0.1) is 38.9 Å². The number of anilines is 1. The van der Waals surface area contributed by atoms with Crippen molar-refractivity contribution in [3.05, 3.63) is 65.2 Å². The van der Waals surface area contributed by atoms with Crippen molar-refractivity contribution in [2.24, 2.45) is 0 Å². The molecule has 0 aliphatic carbocycles. The van der Waals surface area contributed by atoms with Gasteiger partial charge in [0.1, 0.15) is 5.69 Å². The molecule has 0 spiro atoms. The van der Waals surface area contributed by atoms with E-state index < -0.39 is 32.4 Å². The number of hydrogen-bond acceptors (Lipinski definition) is 7. The molecule has 3 rings (SSSR count). The summed E-state index contributed by atoms with van der Waals surface area (Å²) in [6, 6.07) is 9.22. The standard InChI is InChI=1S/C25H24F3NO7S/c1-33-19-12-7-16(6-5-15-13-20(34-2)24(36-4)21(14-15)35-3)22(23(19)30)29-37(31,32)18-10-8-17(9-11-18)25(26,27)28/h5-14,29-30H,1-4H3/b6-5-. The Morgan fingerprint density at radius 1 is 0.811 bits per heavy atom. The molecule has 0 saturated heterocycles. The van der Waals surface area contributed by atoms with Crippen molar-refractivity contribution >= 4 is 27.9 Å².